The van der Waals surface area contributed by atoms with Crippen molar-refractivity contribution in [1.82, 2.24) is 16.1 Å². The fraction of sp³-hybridized carbons (Fsp3) is 0.650. The van der Waals surface area contributed by atoms with Crippen LogP contribution in [0.5, 0.6) is 0 Å². The van der Waals surface area contributed by atoms with Crippen LogP contribution in [0.15, 0.2) is 37.6 Å². The number of carbonyl (C=O) groups is 1. The van der Waals surface area contributed by atoms with Crippen LogP contribution in [0.3, 0.4) is 0 Å². The van der Waals surface area contributed by atoms with Gasteiger partial charge in [-0.05, 0) is 44.1 Å². The summed E-state index contributed by atoms with van der Waals surface area (Å²) in [7, 11) is 0. The van der Waals surface area contributed by atoms with Crippen molar-refractivity contribution in [3.05, 3.63) is 37.6 Å². The molecule has 0 aromatic heterocycles. The third-order valence-corrected chi connectivity index (χ3v) is 4.86. The van der Waals surface area contributed by atoms with Gasteiger partial charge in [0.15, 0.2) is 0 Å². The Bertz CT molecular complexity index is 463. The van der Waals surface area contributed by atoms with Crippen LogP contribution in [-0.2, 0) is 4.79 Å². The standard InChI is InChI=1S/C14H27N5O2.C4H6.C2H6/c1-8(4-13(15)19-16)18-11-3-2-9-7-17-12(14(20)21)6-10(9)5-11;1-3-4-2;1-2/h9-13,17-19H,1-7,15-16H2,(H,20,21);3-4H,1-2H2;1-2H3/t9?,10?,11-,12?,13?;;/m0../s1. The monoisotopic (exact) mass is 381 g/mol. The largest absolute Gasteiger partial charge is 0.480 e. The molecule has 2 aliphatic rings. The van der Waals surface area contributed by atoms with Crippen LogP contribution in [0, 0.1) is 11.8 Å². The number of carboxylic acids is 1. The Hall–Kier alpha value is -1.67. The molecule has 7 heteroatoms. The molecule has 1 aliphatic carbocycles. The molecule has 1 saturated heterocycles. The Kier molecular flexibility index (Phi) is 13.5. The Morgan fingerprint density at radius 1 is 1.26 bits per heavy atom. The van der Waals surface area contributed by atoms with Crippen molar-refractivity contribution in [3.8, 4) is 0 Å². The van der Waals surface area contributed by atoms with Gasteiger partial charge in [0.05, 0.1) is 6.17 Å². The number of hydrogen-bond acceptors (Lipinski definition) is 6. The zero-order valence-electron chi connectivity index (χ0n) is 16.9. The number of rotatable bonds is 7. The second-order valence-corrected chi connectivity index (χ2v) is 6.76. The third-order valence-electron chi connectivity index (χ3n) is 4.86. The first-order valence-corrected chi connectivity index (χ1v) is 9.76. The smallest absolute Gasteiger partial charge is 0.320 e. The van der Waals surface area contributed by atoms with Gasteiger partial charge < -0.3 is 21.5 Å². The average Bonchev–Trinajstić information content (AvgIpc) is 2.68. The molecule has 0 amide bonds. The van der Waals surface area contributed by atoms with Gasteiger partial charge in [-0.15, -0.1) is 0 Å². The summed E-state index contributed by atoms with van der Waals surface area (Å²) in [5.41, 5.74) is 9.11. The van der Waals surface area contributed by atoms with E-state index in [1.807, 2.05) is 13.8 Å². The van der Waals surface area contributed by atoms with Crippen molar-refractivity contribution < 1.29 is 9.90 Å². The number of nitrogens with two attached hydrogens (primary N) is 2. The molecule has 5 atom stereocenters. The Morgan fingerprint density at radius 2 is 1.89 bits per heavy atom. The quantitative estimate of drug-likeness (QED) is 0.172. The van der Waals surface area contributed by atoms with E-state index in [1.54, 1.807) is 12.2 Å². The van der Waals surface area contributed by atoms with Gasteiger partial charge in [-0.1, -0.05) is 45.7 Å². The lowest BCUT2D eigenvalue weighted by molar-refractivity contribution is -0.141. The first-order valence-electron chi connectivity index (χ1n) is 9.76. The van der Waals surface area contributed by atoms with Gasteiger partial charge in [-0.25, -0.2) is 5.43 Å². The Morgan fingerprint density at radius 3 is 2.41 bits per heavy atom. The van der Waals surface area contributed by atoms with E-state index in [2.05, 4.69) is 35.8 Å². The third kappa shape index (κ3) is 9.72. The predicted octanol–water partition coefficient (Wildman–Crippen LogP) is 1.84. The summed E-state index contributed by atoms with van der Waals surface area (Å²) >= 11 is 0. The second kappa shape index (κ2) is 14.4. The van der Waals surface area contributed by atoms with Crippen molar-refractivity contribution in [1.29, 1.82) is 0 Å². The van der Waals surface area contributed by atoms with E-state index >= 15 is 0 Å². The molecule has 2 fully saturated rings. The predicted molar refractivity (Wildman–Crippen MR) is 113 cm³/mol. The zero-order chi connectivity index (χ0) is 20.8. The summed E-state index contributed by atoms with van der Waals surface area (Å²) in [5, 5.41) is 15.7. The Labute approximate surface area is 164 Å². The summed E-state index contributed by atoms with van der Waals surface area (Å²) in [5.74, 6) is 5.60. The summed E-state index contributed by atoms with van der Waals surface area (Å²) in [6, 6.07) is -0.0423. The highest BCUT2D eigenvalue weighted by molar-refractivity contribution is 5.73. The highest BCUT2D eigenvalue weighted by Gasteiger charge is 2.37. The van der Waals surface area contributed by atoms with Crippen LogP contribution < -0.4 is 27.6 Å². The number of hydrazine groups is 1. The number of aliphatic carboxylic acids is 1. The molecular weight excluding hydrogens is 342 g/mol. The average molecular weight is 382 g/mol. The van der Waals surface area contributed by atoms with Crippen LogP contribution in [0.1, 0.15) is 46.0 Å². The lowest BCUT2D eigenvalue weighted by atomic mass is 9.72. The first kappa shape index (κ1) is 25.3. The van der Waals surface area contributed by atoms with Crippen LogP contribution in [0.2, 0.25) is 0 Å². The number of fused-ring (bicyclic) bond motifs is 1. The summed E-state index contributed by atoms with van der Waals surface area (Å²) in [4.78, 5) is 11.1. The van der Waals surface area contributed by atoms with Crippen molar-refractivity contribution in [3.63, 3.8) is 0 Å². The molecule has 4 unspecified atom stereocenters. The SMILES string of the molecule is C=C(CC(N)NN)N[C@H]1CCC2CNC(C(=O)O)CC2C1.C=CC=C.CC. The number of nitrogens with one attached hydrogen (secondary N) is 3. The molecule has 1 saturated carbocycles. The maximum atomic E-state index is 11.1. The van der Waals surface area contributed by atoms with Gasteiger partial charge in [0, 0.05) is 18.2 Å². The maximum absolute atomic E-state index is 11.1. The van der Waals surface area contributed by atoms with Gasteiger partial charge in [-0.2, -0.15) is 0 Å². The molecule has 0 spiro atoms. The number of carboxylic acid groups (broad SMARTS) is 1. The zero-order valence-corrected chi connectivity index (χ0v) is 16.9. The molecule has 0 aromatic rings. The van der Waals surface area contributed by atoms with E-state index in [-0.39, 0.29) is 6.17 Å². The minimum absolute atomic E-state index is 0.295. The van der Waals surface area contributed by atoms with E-state index in [9.17, 15) is 4.79 Å². The summed E-state index contributed by atoms with van der Waals surface area (Å²) in [6.07, 6.45) is 7.49. The minimum atomic E-state index is -0.743. The van der Waals surface area contributed by atoms with E-state index in [4.69, 9.17) is 16.7 Å². The fourth-order valence-electron chi connectivity index (χ4n) is 3.56. The van der Waals surface area contributed by atoms with Crippen molar-refractivity contribution in [2.45, 2.75) is 64.2 Å². The maximum Gasteiger partial charge on any atom is 0.320 e. The molecule has 0 radical (unpaired) electrons. The topological polar surface area (TPSA) is 125 Å². The fourth-order valence-corrected chi connectivity index (χ4v) is 3.56. The normalized spacial score (nSPS) is 27.3. The summed E-state index contributed by atoms with van der Waals surface area (Å²) in [6.45, 7) is 15.5. The number of hydrogen-bond donors (Lipinski definition) is 6. The van der Waals surface area contributed by atoms with E-state index < -0.39 is 12.0 Å². The number of allylic oxidation sites excluding steroid dienone is 2. The van der Waals surface area contributed by atoms with E-state index in [0.717, 1.165) is 31.5 Å². The number of piperidine rings is 1. The molecule has 27 heavy (non-hydrogen) atoms. The lowest BCUT2D eigenvalue weighted by Gasteiger charge is -2.42. The van der Waals surface area contributed by atoms with E-state index in [1.165, 1.54) is 0 Å². The van der Waals surface area contributed by atoms with Crippen LogP contribution in [-0.4, -0.2) is 35.9 Å². The molecular formula is C20H39N5O2. The van der Waals surface area contributed by atoms with Gasteiger partial charge >= 0.3 is 5.97 Å². The molecule has 0 aromatic carbocycles. The summed E-state index contributed by atoms with van der Waals surface area (Å²) < 4.78 is 0. The van der Waals surface area contributed by atoms with Crippen LogP contribution in [0.25, 0.3) is 0 Å². The molecule has 156 valence electrons. The molecule has 2 rings (SSSR count). The van der Waals surface area contributed by atoms with Crippen molar-refractivity contribution in [2.75, 3.05) is 6.54 Å². The molecule has 1 aliphatic heterocycles. The van der Waals surface area contributed by atoms with Crippen molar-refractivity contribution in [2.24, 2.45) is 23.4 Å². The minimum Gasteiger partial charge on any atom is -0.480 e. The van der Waals surface area contributed by atoms with Gasteiger partial charge in [0.1, 0.15) is 6.04 Å². The highest BCUT2D eigenvalue weighted by atomic mass is 16.4. The lowest BCUT2D eigenvalue weighted by Crippen LogP contribution is -2.51. The van der Waals surface area contributed by atoms with Gasteiger partial charge in [-0.3, -0.25) is 10.6 Å². The second-order valence-electron chi connectivity index (χ2n) is 6.76. The van der Waals surface area contributed by atoms with Gasteiger partial charge in [0.2, 0.25) is 0 Å². The Balaban J connectivity index is 0.000000998. The van der Waals surface area contributed by atoms with Crippen molar-refractivity contribution >= 4 is 5.97 Å². The highest BCUT2D eigenvalue weighted by Crippen LogP contribution is 2.36. The molecule has 8 N–H and O–H groups in total. The van der Waals surface area contributed by atoms with Crippen LogP contribution in [0.4, 0.5) is 0 Å². The van der Waals surface area contributed by atoms with E-state index in [0.29, 0.717) is 30.7 Å². The molecule has 7 nitrogen and oxygen atoms in total. The van der Waals surface area contributed by atoms with Gasteiger partial charge in [0.25, 0.3) is 0 Å². The first-order chi connectivity index (χ1) is 12.9. The van der Waals surface area contributed by atoms with Crippen LogP contribution >= 0.6 is 0 Å². The molecule has 0 bridgehead atoms. The molecule has 1 heterocycles.